The molecule has 0 N–H and O–H groups in total. The van der Waals surface area contributed by atoms with E-state index >= 15 is 0 Å². The van der Waals surface area contributed by atoms with Crippen molar-refractivity contribution < 1.29 is 65.1 Å². The zero-order valence-electron chi connectivity index (χ0n) is 3.33. The van der Waals surface area contributed by atoms with Gasteiger partial charge in [-0.2, -0.15) is 0 Å². The van der Waals surface area contributed by atoms with Crippen molar-refractivity contribution in [1.82, 2.24) is 0 Å². The normalized spacial score (nSPS) is 8.29. The van der Waals surface area contributed by atoms with Gasteiger partial charge in [0.25, 0.3) is 0 Å². The summed E-state index contributed by atoms with van der Waals surface area (Å²) in [5, 5.41) is 0. The van der Waals surface area contributed by atoms with Crippen LogP contribution < -0.4 is 8.32 Å². The maximum atomic E-state index is 8.59. The summed E-state index contributed by atoms with van der Waals surface area (Å²) in [5.41, 5.74) is 0. The molecule has 0 unspecified atom stereocenters. The molecular weight excluding hydrogens is 343 g/mol. The summed E-state index contributed by atoms with van der Waals surface area (Å²) in [5.74, 6) is 0. The fourth-order valence-electron chi connectivity index (χ4n) is 0. The van der Waals surface area contributed by atoms with E-state index < -0.39 is 13.6 Å². The van der Waals surface area contributed by atoms with E-state index in [1.165, 1.54) is 0 Å². The van der Waals surface area contributed by atoms with Crippen LogP contribution in [0.1, 0.15) is 0 Å². The van der Waals surface area contributed by atoms with Gasteiger partial charge in [0.05, 0.1) is 0 Å². The van der Waals surface area contributed by atoms with E-state index in [0.717, 1.165) is 0 Å². The van der Waals surface area contributed by atoms with Gasteiger partial charge in [-0.15, -0.1) is 0 Å². The van der Waals surface area contributed by atoms with Crippen LogP contribution in [0.25, 0.3) is 0 Å². The van der Waals surface area contributed by atoms with Crippen LogP contribution in [0.3, 0.4) is 0 Å². The fraction of sp³-hybridized carbons (Fsp3) is 0. The van der Waals surface area contributed by atoms with Gasteiger partial charge >= 0.3 is 111 Å². The van der Waals surface area contributed by atoms with Crippen LogP contribution in [-0.4, -0.2) is 45.5 Å². The Balaban J connectivity index is -0.0000000800. The van der Waals surface area contributed by atoms with Gasteiger partial charge in [-0.05, 0) is 0 Å². The minimum atomic E-state index is -5.75. The molecule has 0 aliphatic rings. The molecule has 7 heteroatoms. The Morgan fingerprint density at radius 1 is 1.14 bits per heavy atom. The second-order valence-electron chi connectivity index (χ2n) is 0.408. The van der Waals surface area contributed by atoms with Crippen LogP contribution >= 0.6 is 0 Å². The quantitative estimate of drug-likeness (QED) is 0.440. The van der Waals surface area contributed by atoms with E-state index in [1.807, 2.05) is 0 Å². The van der Waals surface area contributed by atoms with Crippen LogP contribution in [0.5, 0.6) is 0 Å². The second kappa shape index (κ2) is 6.84. The van der Waals surface area contributed by atoms with E-state index in [2.05, 4.69) is 0 Å². The molecule has 32 valence electrons. The van der Waals surface area contributed by atoms with Gasteiger partial charge in [-0.3, -0.25) is 0 Å². The van der Waals surface area contributed by atoms with Gasteiger partial charge in [-0.1, -0.05) is 0 Å². The molecule has 0 aromatic heterocycles. The number of rotatable bonds is 0. The fourth-order valence-corrected chi connectivity index (χ4v) is 0. The molecule has 4 nitrogen and oxygen atoms in total. The van der Waals surface area contributed by atoms with Crippen LogP contribution in [-0.2, 0) is 21.2 Å². The van der Waals surface area contributed by atoms with E-state index in [0.29, 0.717) is 0 Å². The number of hydrogen-bond donors (Lipinski definition) is 0. The number of hydrogen-bond acceptors (Lipinski definition) is 4. The third-order valence-corrected chi connectivity index (χ3v) is 0. The van der Waals surface area contributed by atoms with E-state index in [4.69, 9.17) is 15.9 Å². The molecule has 0 radical (unpaired) electrons. The first kappa shape index (κ1) is 16.4. The Labute approximate surface area is 108 Å². The van der Waals surface area contributed by atoms with Crippen molar-refractivity contribution in [3.05, 3.63) is 0 Å². The van der Waals surface area contributed by atoms with Crippen molar-refractivity contribution in [1.29, 1.82) is 0 Å². The Hall–Kier alpha value is 2.73. The van der Waals surface area contributed by atoms with Gasteiger partial charge < -0.3 is 0 Å². The first-order valence-corrected chi connectivity index (χ1v) is 2.75. The van der Waals surface area contributed by atoms with Gasteiger partial charge in [-0.25, -0.2) is 0 Å². The Morgan fingerprint density at radius 2 is 1.14 bits per heavy atom. The van der Waals surface area contributed by atoms with Crippen LogP contribution in [0, 0.1) is 35.6 Å². The molecular formula is CrLaO4Sr+3. The van der Waals surface area contributed by atoms with Crippen LogP contribution in [0.15, 0.2) is 0 Å². The molecule has 0 rings (SSSR count). The summed E-state index contributed by atoms with van der Waals surface area (Å²) in [7, 11) is 0. The summed E-state index contributed by atoms with van der Waals surface area (Å²) < 4.78 is 34.4. The van der Waals surface area contributed by atoms with Crippen LogP contribution in [0.4, 0.5) is 0 Å². The monoisotopic (exact) mass is 343 g/mol. The molecule has 0 aliphatic heterocycles. The minimum absolute atomic E-state index is 0. The molecule has 0 saturated heterocycles. The van der Waals surface area contributed by atoms with Crippen molar-refractivity contribution in [2.45, 2.75) is 0 Å². The zero-order valence-corrected chi connectivity index (χ0v) is 11.7. The van der Waals surface area contributed by atoms with E-state index in [1.54, 1.807) is 0 Å². The minimum Gasteiger partial charge on any atom is 2.00 e. The summed E-state index contributed by atoms with van der Waals surface area (Å²) in [6.45, 7) is 0. The summed E-state index contributed by atoms with van der Waals surface area (Å²) in [4.78, 5) is 0. The molecule has 0 heterocycles. The molecule has 0 bridgehead atoms. The molecule has 0 spiro atoms. The standard InChI is InChI=1S/Cr.La.4O.Sr/q;+3;;;2*-1;+2. The van der Waals surface area contributed by atoms with Crippen molar-refractivity contribution in [2.75, 3.05) is 0 Å². The molecule has 7 heavy (non-hydrogen) atoms. The molecule has 0 aromatic carbocycles. The van der Waals surface area contributed by atoms with E-state index in [9.17, 15) is 0 Å². The summed E-state index contributed by atoms with van der Waals surface area (Å²) in [6.07, 6.45) is 0. The largest absolute Gasteiger partial charge is 2.00 e. The average molecular weight is 343 g/mol. The third kappa shape index (κ3) is 53.1. The molecule has 0 amide bonds. The molecule has 0 aromatic rings. The third-order valence-electron chi connectivity index (χ3n) is 0. The average Bonchev–Trinajstić information content (AvgIpc) is 0.722. The maximum Gasteiger partial charge on any atom is 2.00 e. The maximum absolute atomic E-state index is 8.59. The van der Waals surface area contributed by atoms with Crippen molar-refractivity contribution in [2.24, 2.45) is 0 Å². The summed E-state index contributed by atoms with van der Waals surface area (Å²) >= 11 is -5.75. The molecule has 0 atom stereocenters. The topological polar surface area (TPSA) is 80.3 Å². The first-order valence-electron chi connectivity index (χ1n) is 0.667. The Bertz CT molecular complexity index is 94.9. The SMILES string of the molecule is [La+3].[O]=[Cr](=[O])([O-])[O-].[Sr+2]. The smallest absolute Gasteiger partial charge is 2.00 e. The van der Waals surface area contributed by atoms with Crippen molar-refractivity contribution in [3.8, 4) is 0 Å². The van der Waals surface area contributed by atoms with Gasteiger partial charge in [0.15, 0.2) is 0 Å². The molecule has 0 fully saturated rings. The second-order valence-corrected chi connectivity index (χ2v) is 1.68. The van der Waals surface area contributed by atoms with Crippen molar-refractivity contribution in [3.63, 3.8) is 0 Å². The predicted molar refractivity (Wildman–Crippen MR) is 7.13 cm³/mol. The summed E-state index contributed by atoms with van der Waals surface area (Å²) in [6, 6.07) is 0. The zero-order chi connectivity index (χ0) is 4.50. The molecule has 0 saturated carbocycles. The van der Waals surface area contributed by atoms with E-state index in [-0.39, 0.29) is 81.1 Å². The predicted octanol–water partition coefficient (Wildman–Crippen LogP) is -3.00. The van der Waals surface area contributed by atoms with Gasteiger partial charge in [0.2, 0.25) is 0 Å². The van der Waals surface area contributed by atoms with Gasteiger partial charge in [0, 0.05) is 0 Å². The van der Waals surface area contributed by atoms with Gasteiger partial charge in [0.1, 0.15) is 0 Å². The van der Waals surface area contributed by atoms with Crippen molar-refractivity contribution >= 4 is 45.5 Å². The van der Waals surface area contributed by atoms with Crippen LogP contribution in [0.2, 0.25) is 0 Å². The molecule has 0 aliphatic carbocycles. The Kier molecular flexibility index (Phi) is 16.0. The first-order chi connectivity index (χ1) is 2.00. The Morgan fingerprint density at radius 3 is 1.14 bits per heavy atom.